The van der Waals surface area contributed by atoms with Gasteiger partial charge in [-0.1, -0.05) is 97.1 Å². The number of carbonyl (C=O) groups is 2. The number of aromatic nitrogens is 4. The number of phenolic OH excluding ortho intramolecular Hbond substituents is 2. The minimum Gasteiger partial charge on any atom is -0.507 e. The number of allylic oxidation sites excluding steroid dienone is 1. The summed E-state index contributed by atoms with van der Waals surface area (Å²) in [4.78, 5) is 29.2. The fraction of sp³-hybridized carbons (Fsp3) is 0.151. The van der Waals surface area contributed by atoms with E-state index in [1.807, 2.05) is 134 Å². The summed E-state index contributed by atoms with van der Waals surface area (Å²) in [5.74, 6) is 1.37. The molecular formula is C86H76N6O8+6. The molecule has 0 radical (unpaired) electrons. The van der Waals surface area contributed by atoms with E-state index in [-0.39, 0.29) is 30.8 Å². The highest BCUT2D eigenvalue weighted by Gasteiger charge is 2.33. The molecule has 0 bridgehead atoms. The Morgan fingerprint density at radius 3 is 1.58 bits per heavy atom. The number of quaternary nitrogens is 1. The molecule has 1 unspecified atom stereocenters. The second-order valence-electron chi connectivity index (χ2n) is 26.1. The molecule has 0 fully saturated rings. The van der Waals surface area contributed by atoms with Gasteiger partial charge in [-0.3, -0.25) is 0 Å². The van der Waals surface area contributed by atoms with Crippen molar-refractivity contribution in [1.29, 1.82) is 0 Å². The molecule has 0 saturated carbocycles. The summed E-state index contributed by atoms with van der Waals surface area (Å²) < 4.78 is 35.9. The van der Waals surface area contributed by atoms with Gasteiger partial charge in [0, 0.05) is 118 Å². The third kappa shape index (κ3) is 13.0. The van der Waals surface area contributed by atoms with Crippen molar-refractivity contribution in [3.63, 3.8) is 0 Å². The van der Waals surface area contributed by atoms with Gasteiger partial charge in [0.15, 0.2) is 75.8 Å². The Labute approximate surface area is 579 Å². The summed E-state index contributed by atoms with van der Waals surface area (Å²) in [6.07, 6.45) is 24.4. The van der Waals surface area contributed by atoms with Crippen molar-refractivity contribution in [3.8, 4) is 62.0 Å². The summed E-state index contributed by atoms with van der Waals surface area (Å²) in [6, 6.07) is 66.0. The van der Waals surface area contributed by atoms with Gasteiger partial charge in [-0.25, -0.2) is 32.4 Å². The predicted molar refractivity (Wildman–Crippen MR) is 386 cm³/mol. The molecule has 7 aromatic carbocycles. The van der Waals surface area contributed by atoms with Crippen LogP contribution in [0.5, 0.6) is 17.2 Å². The zero-order valence-electron chi connectivity index (χ0n) is 56.2. The van der Waals surface area contributed by atoms with Gasteiger partial charge in [0.05, 0.1) is 55.3 Å². The molecular weight excluding hydrogens is 1240 g/mol. The van der Waals surface area contributed by atoms with Crippen LogP contribution in [0.3, 0.4) is 0 Å². The normalized spacial score (nSPS) is 13.3. The van der Waals surface area contributed by atoms with Gasteiger partial charge in [0.25, 0.3) is 0 Å². The van der Waals surface area contributed by atoms with E-state index in [9.17, 15) is 19.8 Å². The molecule has 11 aromatic rings. The van der Waals surface area contributed by atoms with Gasteiger partial charge >= 0.3 is 11.9 Å². The first-order chi connectivity index (χ1) is 48.8. The van der Waals surface area contributed by atoms with Crippen LogP contribution in [-0.2, 0) is 35.7 Å². The van der Waals surface area contributed by atoms with Crippen molar-refractivity contribution in [2.75, 3.05) is 41.4 Å². The topological polar surface area (TPSA) is 138 Å². The highest BCUT2D eigenvalue weighted by molar-refractivity contribution is 6.16. The van der Waals surface area contributed by atoms with Crippen LogP contribution < -0.4 is 37.8 Å². The van der Waals surface area contributed by atoms with Crippen LogP contribution in [0.25, 0.3) is 82.8 Å². The molecule has 0 spiro atoms. The molecule has 492 valence electrons. The number of hydrogen-bond acceptors (Lipinski definition) is 8. The maximum absolute atomic E-state index is 14.0. The van der Waals surface area contributed by atoms with Gasteiger partial charge in [-0.2, -0.15) is 0 Å². The van der Waals surface area contributed by atoms with Crippen molar-refractivity contribution in [2.24, 2.45) is 0 Å². The molecule has 3 N–H and O–H groups in total. The molecule has 4 aliphatic rings. The molecule has 1 atom stereocenters. The lowest BCUT2D eigenvalue weighted by Crippen LogP contribution is -3.09. The third-order valence-corrected chi connectivity index (χ3v) is 19.1. The first-order valence-electron chi connectivity index (χ1n) is 33.9. The van der Waals surface area contributed by atoms with Gasteiger partial charge in [-0.15, -0.1) is 0 Å². The van der Waals surface area contributed by atoms with E-state index in [1.165, 1.54) is 16.0 Å². The first kappa shape index (κ1) is 63.9. The Kier molecular flexibility index (Phi) is 17.7. The smallest absolute Gasteiger partial charge is 0.338 e. The number of aromatic hydroxyl groups is 2. The number of pyridine rings is 4. The van der Waals surface area contributed by atoms with Gasteiger partial charge < -0.3 is 33.7 Å². The molecule has 2 aliphatic carbocycles. The fourth-order valence-electron chi connectivity index (χ4n) is 13.7. The van der Waals surface area contributed by atoms with E-state index >= 15 is 0 Å². The van der Waals surface area contributed by atoms with Crippen molar-refractivity contribution in [2.45, 2.75) is 45.1 Å². The minimum atomic E-state index is -0.402. The molecule has 14 heteroatoms. The van der Waals surface area contributed by atoms with Crippen molar-refractivity contribution < 1.29 is 61.6 Å². The zero-order valence-corrected chi connectivity index (χ0v) is 56.2. The average molecular weight is 1320 g/mol. The third-order valence-electron chi connectivity index (χ3n) is 19.1. The summed E-state index contributed by atoms with van der Waals surface area (Å²) in [5.41, 5.74) is 14.1. The summed E-state index contributed by atoms with van der Waals surface area (Å²) in [6.45, 7) is 3.35. The maximum atomic E-state index is 14.0. The van der Waals surface area contributed by atoms with E-state index in [0.29, 0.717) is 70.7 Å². The second-order valence-corrected chi connectivity index (χ2v) is 26.1. The number of nitrogens with one attached hydrogen (secondary N) is 1. The molecule has 100 heavy (non-hydrogen) atoms. The van der Waals surface area contributed by atoms with Crippen LogP contribution in [0.1, 0.15) is 55.8 Å². The van der Waals surface area contributed by atoms with Crippen molar-refractivity contribution in [1.82, 2.24) is 4.58 Å². The van der Waals surface area contributed by atoms with E-state index < -0.39 is 11.9 Å². The summed E-state index contributed by atoms with van der Waals surface area (Å²) in [7, 11) is 8.16. The average Bonchev–Trinajstić information content (AvgIpc) is 0.739. The van der Waals surface area contributed by atoms with Crippen LogP contribution in [0.4, 0.5) is 0 Å². The molecule has 15 rings (SSSR count). The second kappa shape index (κ2) is 27.8. The van der Waals surface area contributed by atoms with Crippen LogP contribution >= 0.6 is 0 Å². The Hall–Kier alpha value is -12.1. The van der Waals surface area contributed by atoms with Crippen LogP contribution in [0, 0.1) is 0 Å². The summed E-state index contributed by atoms with van der Waals surface area (Å²) in [5, 5.41) is 26.9. The minimum absolute atomic E-state index is 0.0925. The van der Waals surface area contributed by atoms with Crippen LogP contribution in [-0.4, -0.2) is 69.6 Å². The highest BCUT2D eigenvalue weighted by Crippen LogP contribution is 2.49. The Morgan fingerprint density at radius 1 is 0.520 bits per heavy atom. The Bertz CT molecular complexity index is 5440. The van der Waals surface area contributed by atoms with Gasteiger partial charge in [0.1, 0.15) is 54.5 Å². The number of ether oxygens (including phenoxy) is 3. The molecule has 0 amide bonds. The standard InChI is InChI=1S/C86H73N6O8/c1-87(2)65-27-31-71-77(53-65)99-83-73(29-25-63-13-9-19-75(93)79(63)83)81(71)67-15-5-7-17-69(67)85(95)97-51-11-41-89-43-33-59(34-44-89)61-37-47-91(48-38-61)55-57-21-23-58(24-22-57)56-92-49-39-62(40-50-92)60-35-45-90(46-36-60)42-12-52-98-86(96)70-18-8-6-16-68(70)82-72-32-28-66(88(3)4)54-78(72)100-84-74(82)30-26-64-14-10-20-76(94)80(64)84/h5-10,13-40,43-50,53-54,65H,11-12,41-42,51-52,55-56H2,1-4H3/q+3/p+3. The van der Waals surface area contributed by atoms with E-state index in [1.54, 1.807) is 12.1 Å². The molecule has 4 aromatic heterocycles. The molecule has 14 nitrogen and oxygen atoms in total. The van der Waals surface area contributed by atoms with Crippen molar-refractivity contribution >= 4 is 50.0 Å². The van der Waals surface area contributed by atoms with E-state index in [2.05, 4.69) is 173 Å². The fourth-order valence-corrected chi connectivity index (χ4v) is 13.7. The SMILES string of the molecule is C[N+](C)=c1ccc2c(-c3ccccc3C(=O)OCCC[n+]3ccc(-c4cc[n+](Cc5ccc(C[n+]6ccc(-c7cc[n+](CCCOC(=O)c8ccccc8C8=C9C=CC([NH+](C)C)C=C9Oc9c8ccc8cccc(O)c98)cc7)cc6)cc5)cc4)cc3)c3ccc4cccc(O)c4c3oc-2c1. The largest absolute Gasteiger partial charge is 0.507 e. The number of hydrogen-bond donors (Lipinski definition) is 3. The number of rotatable bonds is 19. The van der Waals surface area contributed by atoms with E-state index in [0.717, 1.165) is 95.8 Å². The number of nitrogens with zero attached hydrogens (tertiary/aromatic N) is 5. The lowest BCUT2D eigenvalue weighted by Gasteiger charge is -2.30. The zero-order chi connectivity index (χ0) is 68.4. The maximum Gasteiger partial charge on any atom is 0.338 e. The number of carbonyl (C=O) groups excluding carboxylic acids is 2. The number of fused-ring (bicyclic) bond motifs is 8. The number of likely N-dealkylation sites (N-methyl/N-ethyl adjacent to an activating group) is 1. The monoisotopic (exact) mass is 1320 g/mol. The van der Waals surface area contributed by atoms with Gasteiger partial charge in [0.2, 0.25) is 5.36 Å². The van der Waals surface area contributed by atoms with Gasteiger partial charge in [-0.05, 0) is 98.8 Å². The Morgan fingerprint density at radius 2 is 1.02 bits per heavy atom. The van der Waals surface area contributed by atoms with Crippen molar-refractivity contribution in [3.05, 3.63) is 318 Å². The van der Waals surface area contributed by atoms with Crippen LogP contribution in [0.15, 0.2) is 284 Å². The molecule has 2 aliphatic heterocycles. The Balaban J connectivity index is 0.515. The number of aryl methyl sites for hydroxylation is 2. The first-order valence-corrected chi connectivity index (χ1v) is 33.9. The van der Waals surface area contributed by atoms with Crippen LogP contribution in [0.2, 0.25) is 0 Å². The lowest BCUT2D eigenvalue weighted by molar-refractivity contribution is -0.871. The predicted octanol–water partition coefficient (Wildman–Crippen LogP) is 12.2. The molecule has 6 heterocycles. The number of esters is 2. The molecule has 0 saturated heterocycles. The number of phenols is 2. The lowest BCUT2D eigenvalue weighted by atomic mass is 9.84. The number of benzene rings is 8. The quantitative estimate of drug-likeness (QED) is 0.0239. The highest BCUT2D eigenvalue weighted by atomic mass is 16.5. The van der Waals surface area contributed by atoms with E-state index in [4.69, 9.17) is 18.6 Å². The summed E-state index contributed by atoms with van der Waals surface area (Å²) >= 11 is 0.